The predicted molar refractivity (Wildman–Crippen MR) is 136 cm³/mol. The van der Waals surface area contributed by atoms with Gasteiger partial charge in [-0.25, -0.2) is 4.68 Å². The maximum absolute atomic E-state index is 13.5. The van der Waals surface area contributed by atoms with Crippen LogP contribution in [0.5, 0.6) is 0 Å². The van der Waals surface area contributed by atoms with Crippen molar-refractivity contribution >= 4 is 11.8 Å². The van der Waals surface area contributed by atoms with Gasteiger partial charge in [-0.3, -0.25) is 14.6 Å². The summed E-state index contributed by atoms with van der Waals surface area (Å²) in [5.41, 5.74) is -0.736. The molecule has 5 rings (SSSR count). The zero-order valence-corrected chi connectivity index (χ0v) is 21.3. The average molecular weight is 554 g/mol. The molecule has 0 unspecified atom stereocenters. The average Bonchev–Trinajstić information content (AvgIpc) is 3.65. The molecule has 40 heavy (non-hydrogen) atoms. The second-order valence-electron chi connectivity index (χ2n) is 9.45. The van der Waals surface area contributed by atoms with Gasteiger partial charge in [-0.1, -0.05) is 18.2 Å². The van der Waals surface area contributed by atoms with E-state index in [1.807, 2.05) is 6.07 Å². The fourth-order valence-electron chi connectivity index (χ4n) is 4.67. The summed E-state index contributed by atoms with van der Waals surface area (Å²) in [6.07, 6.45) is 2.21. The summed E-state index contributed by atoms with van der Waals surface area (Å²) in [6, 6.07) is 11.8. The number of hydrogen-bond donors (Lipinski definition) is 2. The molecule has 10 nitrogen and oxygen atoms in total. The van der Waals surface area contributed by atoms with Crippen molar-refractivity contribution < 1.29 is 27.2 Å². The Morgan fingerprint density at radius 1 is 0.975 bits per heavy atom. The first kappa shape index (κ1) is 27.0. The van der Waals surface area contributed by atoms with Crippen LogP contribution in [-0.4, -0.2) is 49.9 Å². The fraction of sp³-hybridized carbons (Fsp3) is 0.333. The van der Waals surface area contributed by atoms with Crippen LogP contribution in [0.25, 0.3) is 17.1 Å². The molecule has 1 fully saturated rings. The van der Waals surface area contributed by atoms with Gasteiger partial charge in [0.1, 0.15) is 0 Å². The van der Waals surface area contributed by atoms with Crippen LogP contribution < -0.4 is 10.6 Å². The molecule has 3 aromatic heterocycles. The first-order valence-electron chi connectivity index (χ1n) is 12.8. The van der Waals surface area contributed by atoms with Gasteiger partial charge >= 0.3 is 6.18 Å². The number of nitrogens with one attached hydrogen (secondary N) is 2. The second-order valence-corrected chi connectivity index (χ2v) is 9.45. The van der Waals surface area contributed by atoms with Crippen molar-refractivity contribution in [1.82, 2.24) is 35.6 Å². The topological polar surface area (TPSA) is 128 Å². The van der Waals surface area contributed by atoms with Crippen molar-refractivity contribution in [2.75, 3.05) is 13.1 Å². The zero-order valence-electron chi connectivity index (χ0n) is 21.3. The maximum atomic E-state index is 13.5. The van der Waals surface area contributed by atoms with Gasteiger partial charge in [0.25, 0.3) is 5.91 Å². The number of aromatic nitrogens is 5. The summed E-state index contributed by atoms with van der Waals surface area (Å²) >= 11 is 0. The Bertz CT molecular complexity index is 1450. The molecule has 4 aromatic rings. The summed E-state index contributed by atoms with van der Waals surface area (Å²) < 4.78 is 47.4. The van der Waals surface area contributed by atoms with Crippen LogP contribution in [-0.2, 0) is 11.0 Å². The van der Waals surface area contributed by atoms with Gasteiger partial charge in [-0.05, 0) is 49.9 Å². The third-order valence-corrected chi connectivity index (χ3v) is 6.75. The third-order valence-electron chi connectivity index (χ3n) is 6.75. The Morgan fingerprint density at radius 3 is 2.42 bits per heavy atom. The summed E-state index contributed by atoms with van der Waals surface area (Å²) in [6.45, 7) is 0.0453. The van der Waals surface area contributed by atoms with Gasteiger partial charge in [0, 0.05) is 43.5 Å². The summed E-state index contributed by atoms with van der Waals surface area (Å²) in [4.78, 5) is 29.3. The van der Waals surface area contributed by atoms with Crippen molar-refractivity contribution in [3.8, 4) is 17.1 Å². The number of nitrogens with zero attached hydrogens (tertiary/aromatic N) is 5. The lowest BCUT2D eigenvalue weighted by molar-refractivity contribution is -0.141. The van der Waals surface area contributed by atoms with Gasteiger partial charge in [0.05, 0.1) is 16.8 Å². The van der Waals surface area contributed by atoms with E-state index in [9.17, 15) is 22.8 Å². The highest BCUT2D eigenvalue weighted by molar-refractivity contribution is 5.95. The van der Waals surface area contributed by atoms with Gasteiger partial charge in [-0.2, -0.15) is 18.3 Å². The SMILES string of the molecule is O=C(NCCNC(=O)C1CCC(c2nnc(-c3cccnc3)o2)CC1)c1cn(-c2ccccc2)nc1C(F)(F)F. The Kier molecular flexibility index (Phi) is 7.89. The molecule has 0 spiro atoms. The molecule has 1 saturated carbocycles. The van der Waals surface area contributed by atoms with Gasteiger partial charge in [-0.15, -0.1) is 10.2 Å². The highest BCUT2D eigenvalue weighted by Gasteiger charge is 2.39. The van der Waals surface area contributed by atoms with Crippen LogP contribution in [0, 0.1) is 5.92 Å². The van der Waals surface area contributed by atoms with Gasteiger partial charge < -0.3 is 15.1 Å². The van der Waals surface area contributed by atoms with Gasteiger partial charge in [0.15, 0.2) is 5.69 Å². The summed E-state index contributed by atoms with van der Waals surface area (Å²) in [7, 11) is 0. The van der Waals surface area contributed by atoms with Crippen LogP contribution in [0.4, 0.5) is 13.2 Å². The highest BCUT2D eigenvalue weighted by Crippen LogP contribution is 2.36. The number of pyridine rings is 1. The Labute approximate surface area is 227 Å². The predicted octanol–water partition coefficient (Wildman–Crippen LogP) is 4.16. The lowest BCUT2D eigenvalue weighted by atomic mass is 9.81. The number of carbonyl (C=O) groups excluding carboxylic acids is 2. The standard InChI is InChI=1S/C27H26F3N7O3/c28-27(29,30)22-21(16-37(36-22)20-6-2-1-3-7-20)24(39)33-14-13-32-23(38)17-8-10-18(11-9-17)25-34-35-26(40-25)19-5-4-12-31-15-19/h1-7,12,15-18H,8-11,13-14H2,(H,32,38)(H,33,39). The lowest BCUT2D eigenvalue weighted by Gasteiger charge is -2.25. The Morgan fingerprint density at radius 2 is 1.73 bits per heavy atom. The number of alkyl halides is 3. The molecule has 0 atom stereocenters. The van der Waals surface area contributed by atoms with Crippen LogP contribution in [0.3, 0.4) is 0 Å². The molecule has 0 bridgehead atoms. The molecule has 2 amide bonds. The summed E-state index contributed by atoms with van der Waals surface area (Å²) in [5.74, 6) is -0.305. The minimum Gasteiger partial charge on any atom is -0.420 e. The molecule has 0 aliphatic heterocycles. The molecule has 1 aliphatic rings. The van der Waals surface area contributed by atoms with E-state index in [-0.39, 0.29) is 30.8 Å². The van der Waals surface area contributed by atoms with E-state index in [1.165, 1.54) is 0 Å². The molecule has 0 radical (unpaired) electrons. The number of hydrogen-bond acceptors (Lipinski definition) is 7. The van der Waals surface area contributed by atoms with E-state index in [0.717, 1.165) is 16.4 Å². The van der Waals surface area contributed by atoms with Crippen molar-refractivity contribution in [3.63, 3.8) is 0 Å². The quantitative estimate of drug-likeness (QED) is 0.314. The summed E-state index contributed by atoms with van der Waals surface area (Å²) in [5, 5.41) is 17.0. The van der Waals surface area contributed by atoms with Crippen molar-refractivity contribution in [2.24, 2.45) is 5.92 Å². The number of rotatable bonds is 8. The normalized spacial score (nSPS) is 17.4. The van der Waals surface area contributed by atoms with E-state index in [2.05, 4.69) is 30.9 Å². The first-order chi connectivity index (χ1) is 19.3. The number of para-hydroxylation sites is 1. The van der Waals surface area contributed by atoms with Crippen LogP contribution in [0.15, 0.2) is 65.5 Å². The first-order valence-corrected chi connectivity index (χ1v) is 12.8. The van der Waals surface area contributed by atoms with E-state index >= 15 is 0 Å². The number of carbonyl (C=O) groups is 2. The third kappa shape index (κ3) is 6.19. The zero-order chi connectivity index (χ0) is 28.1. The van der Waals surface area contributed by atoms with E-state index in [4.69, 9.17) is 4.42 Å². The van der Waals surface area contributed by atoms with Gasteiger partial charge in [0.2, 0.25) is 17.7 Å². The molecule has 1 aliphatic carbocycles. The molecule has 1 aromatic carbocycles. The molecule has 13 heteroatoms. The molecular formula is C27H26F3N7O3. The number of halogens is 3. The van der Waals surface area contributed by atoms with Crippen molar-refractivity contribution in [3.05, 3.63) is 78.2 Å². The van der Waals surface area contributed by atoms with Crippen LogP contribution in [0.1, 0.15) is 53.5 Å². The van der Waals surface area contributed by atoms with E-state index < -0.39 is 23.3 Å². The molecule has 0 saturated heterocycles. The van der Waals surface area contributed by atoms with Crippen LogP contribution in [0.2, 0.25) is 0 Å². The van der Waals surface area contributed by atoms with E-state index in [0.29, 0.717) is 43.2 Å². The monoisotopic (exact) mass is 553 g/mol. The fourth-order valence-corrected chi connectivity index (χ4v) is 4.67. The smallest absolute Gasteiger partial charge is 0.420 e. The Hall–Kier alpha value is -4.55. The van der Waals surface area contributed by atoms with E-state index in [1.54, 1.807) is 48.8 Å². The maximum Gasteiger partial charge on any atom is 0.435 e. The van der Waals surface area contributed by atoms with Crippen molar-refractivity contribution in [2.45, 2.75) is 37.8 Å². The molecule has 208 valence electrons. The lowest BCUT2D eigenvalue weighted by Crippen LogP contribution is -2.38. The van der Waals surface area contributed by atoms with Crippen LogP contribution >= 0.6 is 0 Å². The molecular weight excluding hydrogens is 527 g/mol. The second kappa shape index (κ2) is 11.7. The minimum atomic E-state index is -4.80. The molecule has 2 N–H and O–H groups in total. The minimum absolute atomic E-state index is 0.0349. The highest BCUT2D eigenvalue weighted by atomic mass is 19.4. The largest absolute Gasteiger partial charge is 0.435 e. The number of benzene rings is 1. The van der Waals surface area contributed by atoms with Crippen molar-refractivity contribution in [1.29, 1.82) is 0 Å². The number of amides is 2. The molecule has 3 heterocycles. The Balaban J connectivity index is 1.09.